The topological polar surface area (TPSA) is 87.5 Å². The number of hydrogen-bond donors (Lipinski definition) is 3. The number of carbonyl (C=O) groups excluding carboxylic acids is 2. The van der Waals surface area contributed by atoms with Crippen LogP contribution in [0.3, 0.4) is 0 Å². The maximum atomic E-state index is 12.1. The van der Waals surface area contributed by atoms with Crippen molar-refractivity contribution < 1.29 is 9.59 Å². The van der Waals surface area contributed by atoms with Crippen molar-refractivity contribution in [3.8, 4) is 0 Å². The Morgan fingerprint density at radius 1 is 1.40 bits per heavy atom. The number of carbonyl (C=O) groups is 2. The van der Waals surface area contributed by atoms with Crippen molar-refractivity contribution in [2.45, 2.75) is 19.4 Å². The molecule has 6 heteroatoms. The highest BCUT2D eigenvalue weighted by Crippen LogP contribution is 2.14. The molecule has 1 atom stereocenters. The van der Waals surface area contributed by atoms with Crippen molar-refractivity contribution in [3.63, 3.8) is 0 Å². The molecule has 20 heavy (non-hydrogen) atoms. The van der Waals surface area contributed by atoms with Crippen molar-refractivity contribution in [1.82, 2.24) is 10.2 Å². The van der Waals surface area contributed by atoms with Gasteiger partial charge < -0.3 is 21.3 Å². The minimum Gasteiger partial charge on any atom is -0.354 e. The summed E-state index contributed by atoms with van der Waals surface area (Å²) in [6.45, 7) is 3.20. The summed E-state index contributed by atoms with van der Waals surface area (Å²) in [4.78, 5) is 25.0. The van der Waals surface area contributed by atoms with Crippen molar-refractivity contribution in [3.05, 3.63) is 29.8 Å². The molecule has 1 aliphatic rings. The fourth-order valence-electron chi connectivity index (χ4n) is 2.05. The van der Waals surface area contributed by atoms with Crippen LogP contribution < -0.4 is 16.4 Å². The van der Waals surface area contributed by atoms with Crippen LogP contribution in [0.25, 0.3) is 0 Å². The molecule has 108 valence electrons. The van der Waals surface area contributed by atoms with Crippen LogP contribution in [0.5, 0.6) is 0 Å². The Labute approximate surface area is 118 Å². The lowest BCUT2D eigenvalue weighted by atomic mass is 10.1. The van der Waals surface area contributed by atoms with Gasteiger partial charge in [-0.15, -0.1) is 0 Å². The third-order valence-electron chi connectivity index (χ3n) is 3.24. The number of benzene rings is 1. The first-order valence-electron chi connectivity index (χ1n) is 6.74. The van der Waals surface area contributed by atoms with Crippen LogP contribution >= 0.6 is 0 Å². The molecule has 2 rings (SSSR count). The van der Waals surface area contributed by atoms with E-state index in [1.54, 1.807) is 0 Å². The second-order valence-corrected chi connectivity index (χ2v) is 4.97. The average molecular weight is 276 g/mol. The Hall–Kier alpha value is -2.08. The van der Waals surface area contributed by atoms with Gasteiger partial charge in [0.1, 0.15) is 6.54 Å². The molecule has 0 aromatic heterocycles. The molecule has 4 N–H and O–H groups in total. The molecular formula is C14H20N4O2. The van der Waals surface area contributed by atoms with Gasteiger partial charge in [0.2, 0.25) is 5.91 Å². The number of anilines is 1. The molecule has 1 unspecified atom stereocenters. The van der Waals surface area contributed by atoms with E-state index in [1.807, 2.05) is 31.2 Å². The number of hydrogen-bond acceptors (Lipinski definition) is 3. The van der Waals surface area contributed by atoms with E-state index >= 15 is 0 Å². The monoisotopic (exact) mass is 276 g/mol. The number of nitrogens with zero attached hydrogens (tertiary/aromatic N) is 1. The molecule has 1 aliphatic heterocycles. The standard InChI is InChI=1S/C14H20N4O2/c1-10(15)11-3-5-12(6-4-11)17-14(20)18-8-2-7-16-13(19)9-18/h3-6,10H,2,7-9,15H2,1H3,(H,16,19)(H,17,20). The van der Waals surface area contributed by atoms with E-state index in [0.29, 0.717) is 18.8 Å². The van der Waals surface area contributed by atoms with Crippen LogP contribution in [0.1, 0.15) is 24.9 Å². The van der Waals surface area contributed by atoms with Gasteiger partial charge in [0, 0.05) is 24.8 Å². The van der Waals surface area contributed by atoms with Gasteiger partial charge in [0.15, 0.2) is 0 Å². The van der Waals surface area contributed by atoms with Gasteiger partial charge in [-0.2, -0.15) is 0 Å². The molecule has 0 saturated carbocycles. The second-order valence-electron chi connectivity index (χ2n) is 4.97. The quantitative estimate of drug-likeness (QED) is 0.754. The van der Waals surface area contributed by atoms with Crippen molar-refractivity contribution in [2.75, 3.05) is 25.0 Å². The second kappa shape index (κ2) is 6.38. The molecule has 0 aliphatic carbocycles. The number of nitrogens with two attached hydrogens (primary N) is 1. The van der Waals surface area contributed by atoms with Crippen LogP contribution in [0.15, 0.2) is 24.3 Å². The Kier molecular flexibility index (Phi) is 4.57. The molecule has 1 aromatic rings. The van der Waals surface area contributed by atoms with Gasteiger partial charge in [0.25, 0.3) is 0 Å². The lowest BCUT2D eigenvalue weighted by Crippen LogP contribution is -2.39. The Morgan fingerprint density at radius 3 is 2.75 bits per heavy atom. The Bertz CT molecular complexity index is 484. The zero-order valence-corrected chi connectivity index (χ0v) is 11.6. The number of urea groups is 1. The van der Waals surface area contributed by atoms with E-state index in [2.05, 4.69) is 10.6 Å². The number of rotatable bonds is 2. The summed E-state index contributed by atoms with van der Waals surface area (Å²) >= 11 is 0. The van der Waals surface area contributed by atoms with Crippen LogP contribution in [-0.4, -0.2) is 36.5 Å². The minimum atomic E-state index is -0.254. The first kappa shape index (κ1) is 14.3. The highest BCUT2D eigenvalue weighted by Gasteiger charge is 2.19. The Morgan fingerprint density at radius 2 is 2.10 bits per heavy atom. The van der Waals surface area contributed by atoms with Gasteiger partial charge in [0.05, 0.1) is 0 Å². The van der Waals surface area contributed by atoms with Crippen LogP contribution in [0.4, 0.5) is 10.5 Å². The summed E-state index contributed by atoms with van der Waals surface area (Å²) in [6.07, 6.45) is 0.767. The maximum Gasteiger partial charge on any atom is 0.322 e. The molecule has 1 saturated heterocycles. The largest absolute Gasteiger partial charge is 0.354 e. The van der Waals surface area contributed by atoms with Crippen molar-refractivity contribution in [2.24, 2.45) is 5.73 Å². The molecule has 1 heterocycles. The highest BCUT2D eigenvalue weighted by molar-refractivity contribution is 5.92. The minimum absolute atomic E-state index is 0.0333. The van der Waals surface area contributed by atoms with Crippen LogP contribution in [-0.2, 0) is 4.79 Å². The Balaban J connectivity index is 1.98. The van der Waals surface area contributed by atoms with Gasteiger partial charge in [-0.05, 0) is 31.0 Å². The summed E-state index contributed by atoms with van der Waals surface area (Å²) in [6, 6.07) is 7.11. The molecule has 0 bridgehead atoms. The van der Waals surface area contributed by atoms with Crippen molar-refractivity contribution in [1.29, 1.82) is 0 Å². The lowest BCUT2D eigenvalue weighted by molar-refractivity contribution is -0.120. The van der Waals surface area contributed by atoms with Gasteiger partial charge in [-0.3, -0.25) is 4.79 Å². The number of nitrogens with one attached hydrogen (secondary N) is 2. The maximum absolute atomic E-state index is 12.1. The zero-order valence-electron chi connectivity index (χ0n) is 11.6. The van der Waals surface area contributed by atoms with Gasteiger partial charge in [-0.25, -0.2) is 4.79 Å². The fraction of sp³-hybridized carbons (Fsp3) is 0.429. The van der Waals surface area contributed by atoms with E-state index < -0.39 is 0 Å². The van der Waals surface area contributed by atoms with E-state index in [4.69, 9.17) is 5.73 Å². The molecule has 1 aromatic carbocycles. The van der Waals surface area contributed by atoms with Crippen LogP contribution in [0, 0.1) is 0 Å². The summed E-state index contributed by atoms with van der Waals surface area (Å²) in [7, 11) is 0. The van der Waals surface area contributed by atoms with E-state index in [-0.39, 0.29) is 24.5 Å². The summed E-state index contributed by atoms with van der Waals surface area (Å²) in [5.41, 5.74) is 7.48. The summed E-state index contributed by atoms with van der Waals surface area (Å²) in [5.74, 6) is -0.120. The molecular weight excluding hydrogens is 256 g/mol. The SMILES string of the molecule is CC(N)c1ccc(NC(=O)N2CCCNC(=O)C2)cc1. The highest BCUT2D eigenvalue weighted by atomic mass is 16.2. The van der Waals surface area contributed by atoms with Crippen molar-refractivity contribution >= 4 is 17.6 Å². The van der Waals surface area contributed by atoms with Gasteiger partial charge in [-0.1, -0.05) is 12.1 Å². The third-order valence-corrected chi connectivity index (χ3v) is 3.24. The molecule has 1 fully saturated rings. The summed E-state index contributed by atoms with van der Waals surface area (Å²) < 4.78 is 0. The third kappa shape index (κ3) is 3.71. The first-order chi connectivity index (χ1) is 9.56. The first-order valence-corrected chi connectivity index (χ1v) is 6.74. The summed E-state index contributed by atoms with van der Waals surface area (Å²) in [5, 5.41) is 5.53. The average Bonchev–Trinajstić information content (AvgIpc) is 2.64. The molecule has 0 spiro atoms. The molecule has 3 amide bonds. The van der Waals surface area contributed by atoms with E-state index in [9.17, 15) is 9.59 Å². The van der Waals surface area contributed by atoms with Crippen LogP contribution in [0.2, 0.25) is 0 Å². The number of amides is 3. The lowest BCUT2D eigenvalue weighted by Gasteiger charge is -2.19. The smallest absolute Gasteiger partial charge is 0.322 e. The predicted molar refractivity (Wildman–Crippen MR) is 77.3 cm³/mol. The van der Waals surface area contributed by atoms with E-state index in [1.165, 1.54) is 4.90 Å². The zero-order chi connectivity index (χ0) is 14.5. The normalized spacial score (nSPS) is 17.1. The molecule has 6 nitrogen and oxygen atoms in total. The van der Waals surface area contributed by atoms with E-state index in [0.717, 1.165) is 12.0 Å². The predicted octanol–water partition coefficient (Wildman–Crippen LogP) is 1.06. The van der Waals surface area contributed by atoms with Gasteiger partial charge >= 0.3 is 6.03 Å². The fourth-order valence-corrected chi connectivity index (χ4v) is 2.05. The molecule has 0 radical (unpaired) electrons.